The Hall–Kier alpha value is -0.480. The van der Waals surface area contributed by atoms with Crippen LogP contribution < -0.4 is 5.73 Å². The Labute approximate surface area is 103 Å². The molecule has 1 aromatic heterocycles. The molecule has 0 saturated heterocycles. The molecule has 0 aliphatic heterocycles. The second kappa shape index (κ2) is 8.65. The molecule has 1 aromatic rings. The summed E-state index contributed by atoms with van der Waals surface area (Å²) in [6.45, 7) is 2.25. The van der Waals surface area contributed by atoms with Crippen LogP contribution >= 0.6 is 11.5 Å². The average Bonchev–Trinajstić information content (AvgIpc) is 2.81. The van der Waals surface area contributed by atoms with Crippen LogP contribution in [0.2, 0.25) is 0 Å². The van der Waals surface area contributed by atoms with Crippen molar-refractivity contribution in [3.63, 3.8) is 0 Å². The second-order valence-corrected chi connectivity index (χ2v) is 4.96. The van der Waals surface area contributed by atoms with Crippen LogP contribution in [0.3, 0.4) is 0 Å². The molecule has 3 nitrogen and oxygen atoms in total. The Morgan fingerprint density at radius 3 is 2.50 bits per heavy atom. The summed E-state index contributed by atoms with van der Waals surface area (Å²) < 4.78 is 3.83. The van der Waals surface area contributed by atoms with Gasteiger partial charge in [0.25, 0.3) is 0 Å². The van der Waals surface area contributed by atoms with Crippen LogP contribution in [0.5, 0.6) is 0 Å². The fourth-order valence-electron chi connectivity index (χ4n) is 1.80. The smallest absolute Gasteiger partial charge is 0.0922 e. The molecule has 0 amide bonds. The summed E-state index contributed by atoms with van der Waals surface area (Å²) in [5.74, 6) is 0. The zero-order valence-corrected chi connectivity index (χ0v) is 11.0. The number of unbranched alkanes of at least 4 members (excludes halogenated alkanes) is 6. The van der Waals surface area contributed by atoms with Crippen LogP contribution in [0.4, 0.5) is 0 Å². The third kappa shape index (κ3) is 5.56. The fourth-order valence-corrected chi connectivity index (χ4v) is 2.32. The van der Waals surface area contributed by atoms with Crippen LogP contribution in [0.1, 0.15) is 70.0 Å². The van der Waals surface area contributed by atoms with Crippen LogP contribution in [0, 0.1) is 0 Å². The highest BCUT2D eigenvalue weighted by molar-refractivity contribution is 7.03. The van der Waals surface area contributed by atoms with Crippen LogP contribution in [0.15, 0.2) is 5.38 Å². The normalized spacial score (nSPS) is 12.9. The van der Waals surface area contributed by atoms with E-state index < -0.39 is 0 Å². The van der Waals surface area contributed by atoms with Crippen molar-refractivity contribution in [3.8, 4) is 0 Å². The molecule has 0 aliphatic carbocycles. The maximum atomic E-state index is 6.01. The predicted octanol–water partition coefficient (Wildman–Crippen LogP) is 3.68. The van der Waals surface area contributed by atoms with Crippen molar-refractivity contribution in [2.75, 3.05) is 0 Å². The van der Waals surface area contributed by atoms with E-state index in [4.69, 9.17) is 5.73 Å². The summed E-state index contributed by atoms with van der Waals surface area (Å²) in [4.78, 5) is 0. The molecule has 1 heterocycles. The van der Waals surface area contributed by atoms with Crippen LogP contribution in [-0.4, -0.2) is 9.59 Å². The minimum absolute atomic E-state index is 0.0920. The monoisotopic (exact) mass is 241 g/mol. The largest absolute Gasteiger partial charge is 0.323 e. The van der Waals surface area contributed by atoms with Gasteiger partial charge in [0.15, 0.2) is 0 Å². The van der Waals surface area contributed by atoms with Crippen molar-refractivity contribution >= 4 is 11.5 Å². The lowest BCUT2D eigenvalue weighted by molar-refractivity contribution is 0.535. The Morgan fingerprint density at radius 1 is 1.19 bits per heavy atom. The molecule has 0 spiro atoms. The lowest BCUT2D eigenvalue weighted by Gasteiger charge is -2.07. The number of nitrogens with two attached hydrogens (primary N) is 1. The second-order valence-electron chi connectivity index (χ2n) is 4.35. The zero-order chi connectivity index (χ0) is 11.6. The van der Waals surface area contributed by atoms with E-state index in [1.165, 1.54) is 56.5 Å². The molecule has 0 saturated carbocycles. The van der Waals surface area contributed by atoms with Crippen molar-refractivity contribution in [2.45, 2.75) is 64.3 Å². The maximum absolute atomic E-state index is 6.01. The molecule has 0 aliphatic rings. The number of nitrogens with zero attached hydrogens (tertiary/aromatic N) is 2. The first-order valence-corrected chi connectivity index (χ1v) is 7.20. The summed E-state index contributed by atoms with van der Waals surface area (Å²) in [5, 5.41) is 5.95. The Kier molecular flexibility index (Phi) is 7.34. The molecule has 92 valence electrons. The number of aromatic nitrogens is 2. The van der Waals surface area contributed by atoms with Crippen molar-refractivity contribution in [2.24, 2.45) is 5.73 Å². The van der Waals surface area contributed by atoms with E-state index >= 15 is 0 Å². The van der Waals surface area contributed by atoms with Gasteiger partial charge in [0.2, 0.25) is 0 Å². The van der Waals surface area contributed by atoms with Crippen molar-refractivity contribution < 1.29 is 0 Å². The van der Waals surface area contributed by atoms with Gasteiger partial charge in [-0.15, -0.1) is 5.10 Å². The quantitative estimate of drug-likeness (QED) is 0.671. The molecule has 1 rings (SSSR count). The highest BCUT2D eigenvalue weighted by atomic mass is 32.1. The fraction of sp³-hybridized carbons (Fsp3) is 0.833. The maximum Gasteiger partial charge on any atom is 0.0922 e. The minimum atomic E-state index is 0.0920. The molecule has 0 fully saturated rings. The zero-order valence-electron chi connectivity index (χ0n) is 10.2. The molecular formula is C12H23N3S. The molecule has 0 aromatic carbocycles. The molecule has 1 unspecified atom stereocenters. The highest BCUT2D eigenvalue weighted by Crippen LogP contribution is 2.16. The highest BCUT2D eigenvalue weighted by Gasteiger charge is 2.07. The van der Waals surface area contributed by atoms with Gasteiger partial charge in [-0.3, -0.25) is 0 Å². The van der Waals surface area contributed by atoms with E-state index in [2.05, 4.69) is 16.5 Å². The van der Waals surface area contributed by atoms with E-state index in [-0.39, 0.29) is 6.04 Å². The van der Waals surface area contributed by atoms with Gasteiger partial charge in [-0.1, -0.05) is 56.4 Å². The third-order valence-electron chi connectivity index (χ3n) is 2.88. The van der Waals surface area contributed by atoms with Gasteiger partial charge in [-0.05, 0) is 18.0 Å². The number of hydrogen-bond donors (Lipinski definition) is 1. The lowest BCUT2D eigenvalue weighted by Crippen LogP contribution is -2.10. The summed E-state index contributed by atoms with van der Waals surface area (Å²) in [6, 6.07) is 0.0920. The predicted molar refractivity (Wildman–Crippen MR) is 69.4 cm³/mol. The van der Waals surface area contributed by atoms with Gasteiger partial charge >= 0.3 is 0 Å². The third-order valence-corrected chi connectivity index (χ3v) is 3.40. The SMILES string of the molecule is CCCCCCCCCC(N)c1csnn1. The molecule has 1 atom stereocenters. The van der Waals surface area contributed by atoms with Crippen LogP contribution in [0.25, 0.3) is 0 Å². The van der Waals surface area contributed by atoms with Crippen molar-refractivity contribution in [1.82, 2.24) is 9.59 Å². The lowest BCUT2D eigenvalue weighted by atomic mass is 10.0. The van der Waals surface area contributed by atoms with Gasteiger partial charge < -0.3 is 5.73 Å². The Morgan fingerprint density at radius 2 is 1.88 bits per heavy atom. The molecule has 16 heavy (non-hydrogen) atoms. The average molecular weight is 241 g/mol. The number of rotatable bonds is 9. The van der Waals surface area contributed by atoms with Gasteiger partial charge in [-0.2, -0.15) is 0 Å². The van der Waals surface area contributed by atoms with Crippen molar-refractivity contribution in [3.05, 3.63) is 11.1 Å². The molecule has 0 radical (unpaired) electrons. The van der Waals surface area contributed by atoms with Crippen molar-refractivity contribution in [1.29, 1.82) is 0 Å². The molecule has 0 bridgehead atoms. The van der Waals surface area contributed by atoms with E-state index in [9.17, 15) is 0 Å². The first kappa shape index (κ1) is 13.6. The minimum Gasteiger partial charge on any atom is -0.323 e. The van der Waals surface area contributed by atoms with Gasteiger partial charge in [0.05, 0.1) is 5.69 Å². The van der Waals surface area contributed by atoms with E-state index in [1.54, 1.807) is 0 Å². The summed E-state index contributed by atoms with van der Waals surface area (Å²) in [5.41, 5.74) is 6.96. The van der Waals surface area contributed by atoms with E-state index in [0.29, 0.717) is 0 Å². The first-order chi connectivity index (χ1) is 7.84. The van der Waals surface area contributed by atoms with E-state index in [1.807, 2.05) is 5.38 Å². The van der Waals surface area contributed by atoms with E-state index in [0.717, 1.165) is 12.1 Å². The summed E-state index contributed by atoms with van der Waals surface area (Å²) >= 11 is 1.38. The Bertz CT molecular complexity index is 249. The standard InChI is InChI=1S/C12H23N3S/c1-2-3-4-5-6-7-8-9-11(13)12-10-16-15-14-12/h10-11H,2-9,13H2,1H3. The number of hydrogen-bond acceptors (Lipinski definition) is 4. The summed E-state index contributed by atoms with van der Waals surface area (Å²) in [6.07, 6.45) is 10.4. The topological polar surface area (TPSA) is 51.8 Å². The van der Waals surface area contributed by atoms with Gasteiger partial charge in [0, 0.05) is 11.4 Å². The van der Waals surface area contributed by atoms with Gasteiger partial charge in [0.1, 0.15) is 0 Å². The van der Waals surface area contributed by atoms with Gasteiger partial charge in [-0.25, -0.2) is 0 Å². The summed E-state index contributed by atoms with van der Waals surface area (Å²) in [7, 11) is 0. The Balaban J connectivity index is 1.95. The van der Waals surface area contributed by atoms with Crippen LogP contribution in [-0.2, 0) is 0 Å². The molecular weight excluding hydrogens is 218 g/mol. The molecule has 4 heteroatoms. The molecule has 2 N–H and O–H groups in total. The first-order valence-electron chi connectivity index (χ1n) is 6.37.